The summed E-state index contributed by atoms with van der Waals surface area (Å²) < 4.78 is 0. The molecule has 1 unspecified atom stereocenters. The lowest BCUT2D eigenvalue weighted by atomic mass is 9.54. The topological polar surface area (TPSA) is 26.8 Å². The van der Waals surface area contributed by atoms with Gasteiger partial charge in [0.1, 0.15) is 0 Å². The van der Waals surface area contributed by atoms with Crippen LogP contribution in [0.25, 0.3) is 0 Å². The van der Waals surface area contributed by atoms with Crippen LogP contribution in [0, 0.1) is 29.6 Å². The van der Waals surface area contributed by atoms with Gasteiger partial charge in [-0.05, 0) is 87.4 Å². The molecule has 4 heteroatoms. The molecule has 4 saturated carbocycles. The Bertz CT molecular complexity index is 569. The molecule has 0 radical (unpaired) electrons. The third kappa shape index (κ3) is 4.46. The van der Waals surface area contributed by atoms with E-state index in [-0.39, 0.29) is 0 Å². The maximum absolute atomic E-state index is 12.6. The van der Waals surface area contributed by atoms with Crippen LogP contribution in [0.5, 0.6) is 0 Å². The summed E-state index contributed by atoms with van der Waals surface area (Å²) in [7, 11) is 0. The van der Waals surface area contributed by atoms with Gasteiger partial charge in [-0.1, -0.05) is 13.8 Å². The van der Waals surface area contributed by atoms with Gasteiger partial charge in [-0.2, -0.15) is 0 Å². The van der Waals surface area contributed by atoms with Crippen LogP contribution in [-0.2, 0) is 4.79 Å². The summed E-state index contributed by atoms with van der Waals surface area (Å²) in [6, 6.07) is 1.54. The molecule has 4 nitrogen and oxygen atoms in total. The van der Waals surface area contributed by atoms with Crippen LogP contribution < -0.4 is 0 Å². The Morgan fingerprint density at radius 1 is 0.833 bits per heavy atom. The van der Waals surface area contributed by atoms with Crippen molar-refractivity contribution in [3.05, 3.63) is 0 Å². The molecular formula is C26H45N3O. The van der Waals surface area contributed by atoms with Crippen LogP contribution in [0.3, 0.4) is 0 Å². The third-order valence-corrected chi connectivity index (χ3v) is 9.45. The molecule has 4 aliphatic carbocycles. The average Bonchev–Trinajstić information content (AvgIpc) is 2.89. The molecule has 1 atom stereocenters. The highest BCUT2D eigenvalue weighted by Crippen LogP contribution is 2.55. The molecule has 2 saturated heterocycles. The van der Waals surface area contributed by atoms with Crippen molar-refractivity contribution in [2.24, 2.45) is 29.6 Å². The number of piperazine rings is 1. The van der Waals surface area contributed by atoms with Crippen LogP contribution in [0.4, 0.5) is 0 Å². The van der Waals surface area contributed by atoms with E-state index in [2.05, 4.69) is 28.5 Å². The zero-order valence-electron chi connectivity index (χ0n) is 19.6. The molecule has 0 spiro atoms. The van der Waals surface area contributed by atoms with Crippen LogP contribution in [0.1, 0.15) is 78.1 Å². The highest BCUT2D eigenvalue weighted by atomic mass is 16.2. The minimum absolute atomic E-state index is 0.411. The van der Waals surface area contributed by atoms with E-state index in [1.807, 2.05) is 0 Å². The lowest BCUT2D eigenvalue weighted by Crippen LogP contribution is -2.61. The SMILES string of the molecule is CC(C)CCCN1CCC(N2CCN(C3C4CC5CC(C4)CC3C5)CC2)CCC1=O. The molecule has 0 aromatic heterocycles. The Morgan fingerprint density at radius 2 is 1.47 bits per heavy atom. The first-order valence-corrected chi connectivity index (χ1v) is 13.3. The van der Waals surface area contributed by atoms with Crippen molar-refractivity contribution in [2.45, 2.75) is 90.1 Å². The Morgan fingerprint density at radius 3 is 2.10 bits per heavy atom. The van der Waals surface area contributed by atoms with Gasteiger partial charge < -0.3 is 4.90 Å². The van der Waals surface area contributed by atoms with E-state index in [0.717, 1.165) is 68.0 Å². The molecule has 6 aliphatic rings. The van der Waals surface area contributed by atoms with Crippen LogP contribution in [0.15, 0.2) is 0 Å². The second-order valence-corrected chi connectivity index (χ2v) is 11.9. The predicted octanol–water partition coefficient (Wildman–Crippen LogP) is 4.25. The van der Waals surface area contributed by atoms with Crippen molar-refractivity contribution in [2.75, 3.05) is 39.3 Å². The Labute approximate surface area is 184 Å². The Hall–Kier alpha value is -0.610. The maximum atomic E-state index is 12.6. The number of rotatable bonds is 6. The predicted molar refractivity (Wildman–Crippen MR) is 122 cm³/mol. The van der Waals surface area contributed by atoms with Gasteiger partial charge >= 0.3 is 0 Å². The number of carbonyl (C=O) groups is 1. The molecule has 0 aromatic carbocycles. The van der Waals surface area contributed by atoms with E-state index in [4.69, 9.17) is 0 Å². The fourth-order valence-corrected chi connectivity index (χ4v) is 8.21. The van der Waals surface area contributed by atoms with E-state index >= 15 is 0 Å². The van der Waals surface area contributed by atoms with Gasteiger partial charge in [0, 0.05) is 57.8 Å². The van der Waals surface area contributed by atoms with Crippen molar-refractivity contribution in [1.82, 2.24) is 14.7 Å². The van der Waals surface area contributed by atoms with Crippen molar-refractivity contribution >= 4 is 5.91 Å². The van der Waals surface area contributed by atoms with Gasteiger partial charge in [-0.3, -0.25) is 14.6 Å². The Balaban J connectivity index is 1.11. The second-order valence-electron chi connectivity index (χ2n) is 11.9. The minimum Gasteiger partial charge on any atom is -0.343 e. The molecule has 0 N–H and O–H groups in total. The lowest BCUT2D eigenvalue weighted by Gasteiger charge is -2.58. The van der Waals surface area contributed by atoms with E-state index in [1.54, 1.807) is 6.42 Å². The molecular weight excluding hydrogens is 370 g/mol. The lowest BCUT2D eigenvalue weighted by molar-refractivity contribution is -0.130. The summed E-state index contributed by atoms with van der Waals surface area (Å²) in [5, 5.41) is 0. The zero-order valence-corrected chi connectivity index (χ0v) is 19.6. The average molecular weight is 416 g/mol. The van der Waals surface area contributed by atoms with Gasteiger partial charge in [-0.15, -0.1) is 0 Å². The first-order valence-electron chi connectivity index (χ1n) is 13.3. The van der Waals surface area contributed by atoms with E-state index in [9.17, 15) is 4.79 Å². The number of hydrogen-bond acceptors (Lipinski definition) is 3. The van der Waals surface area contributed by atoms with Gasteiger partial charge in [0.25, 0.3) is 0 Å². The van der Waals surface area contributed by atoms with Gasteiger partial charge in [0.2, 0.25) is 5.91 Å². The summed E-state index contributed by atoms with van der Waals surface area (Å²) in [5.41, 5.74) is 0. The minimum atomic E-state index is 0.411. The standard InChI is InChI=1S/C26H45N3O/c1-19(2)4-3-8-28-9-7-24(5-6-25(28)30)27-10-12-29(13-11-27)26-22-15-20-14-21(17-22)18-23(26)16-20/h19-24,26H,3-18H2,1-2H3. The smallest absolute Gasteiger partial charge is 0.222 e. The van der Waals surface area contributed by atoms with Crippen molar-refractivity contribution in [1.29, 1.82) is 0 Å². The highest BCUT2D eigenvalue weighted by Gasteiger charge is 2.50. The summed E-state index contributed by atoms with van der Waals surface area (Å²) in [6.45, 7) is 11.5. The first-order chi connectivity index (χ1) is 14.6. The molecule has 2 heterocycles. The highest BCUT2D eigenvalue weighted by molar-refractivity contribution is 5.76. The Kier molecular flexibility index (Phi) is 6.44. The summed E-state index contributed by atoms with van der Waals surface area (Å²) in [4.78, 5) is 20.4. The number of hydrogen-bond donors (Lipinski definition) is 0. The largest absolute Gasteiger partial charge is 0.343 e. The monoisotopic (exact) mass is 415 g/mol. The van der Waals surface area contributed by atoms with Crippen molar-refractivity contribution < 1.29 is 4.79 Å². The van der Waals surface area contributed by atoms with Crippen molar-refractivity contribution in [3.8, 4) is 0 Å². The molecule has 0 aromatic rings. The number of carbonyl (C=O) groups excluding carboxylic acids is 1. The second kappa shape index (κ2) is 9.10. The van der Waals surface area contributed by atoms with Gasteiger partial charge in [0.05, 0.1) is 0 Å². The van der Waals surface area contributed by atoms with Crippen LogP contribution >= 0.6 is 0 Å². The van der Waals surface area contributed by atoms with Gasteiger partial charge in [0.15, 0.2) is 0 Å². The molecule has 6 rings (SSSR count). The fraction of sp³-hybridized carbons (Fsp3) is 0.962. The molecule has 4 bridgehead atoms. The number of amides is 1. The summed E-state index contributed by atoms with van der Waals surface area (Å²) in [5.74, 6) is 5.35. The molecule has 30 heavy (non-hydrogen) atoms. The quantitative estimate of drug-likeness (QED) is 0.649. The molecule has 2 aliphatic heterocycles. The third-order valence-electron chi connectivity index (χ3n) is 9.45. The summed E-state index contributed by atoms with van der Waals surface area (Å²) in [6.07, 6.45) is 13.1. The first kappa shape index (κ1) is 21.2. The molecule has 170 valence electrons. The normalized spacial score (nSPS) is 40.4. The van der Waals surface area contributed by atoms with Gasteiger partial charge in [-0.25, -0.2) is 0 Å². The van der Waals surface area contributed by atoms with E-state index in [1.165, 1.54) is 64.7 Å². The van der Waals surface area contributed by atoms with E-state index < -0.39 is 0 Å². The number of nitrogens with zero attached hydrogens (tertiary/aromatic N) is 3. The molecule has 6 fully saturated rings. The molecule has 1 amide bonds. The van der Waals surface area contributed by atoms with Crippen molar-refractivity contribution in [3.63, 3.8) is 0 Å². The number of likely N-dealkylation sites (tertiary alicyclic amines) is 1. The van der Waals surface area contributed by atoms with E-state index in [0.29, 0.717) is 11.9 Å². The fourth-order valence-electron chi connectivity index (χ4n) is 8.21. The summed E-state index contributed by atoms with van der Waals surface area (Å²) >= 11 is 0. The van der Waals surface area contributed by atoms with Crippen LogP contribution in [0.2, 0.25) is 0 Å². The maximum Gasteiger partial charge on any atom is 0.222 e. The van der Waals surface area contributed by atoms with Crippen LogP contribution in [-0.4, -0.2) is 72.0 Å². The zero-order chi connectivity index (χ0) is 20.7.